The third-order valence-electron chi connectivity index (χ3n) is 2.12. The second kappa shape index (κ2) is 3.72. The molecule has 0 radical (unpaired) electrons. The molecule has 1 heteroatoms. The molecule has 0 aromatic heterocycles. The Labute approximate surface area is 68.4 Å². The van der Waals surface area contributed by atoms with Crippen molar-refractivity contribution in [3.63, 3.8) is 0 Å². The van der Waals surface area contributed by atoms with E-state index in [1.54, 1.807) is 0 Å². The molecule has 0 saturated heterocycles. The molecule has 0 unspecified atom stereocenters. The number of rotatable bonds is 2. The Balaban J connectivity index is 2.53. The van der Waals surface area contributed by atoms with Gasteiger partial charge < -0.3 is 5.11 Å². The van der Waals surface area contributed by atoms with Gasteiger partial charge in [0.25, 0.3) is 0 Å². The van der Waals surface area contributed by atoms with Gasteiger partial charge in [-0.15, -0.1) is 0 Å². The Hall–Kier alpha value is -0.560. The molecule has 0 saturated carbocycles. The molecule has 1 aliphatic carbocycles. The van der Waals surface area contributed by atoms with E-state index in [-0.39, 0.29) is 6.61 Å². The first-order valence-corrected chi connectivity index (χ1v) is 4.23. The molecule has 0 bridgehead atoms. The minimum atomic E-state index is 0.276. The Morgan fingerprint density at radius 1 is 1.64 bits per heavy atom. The third-order valence-corrected chi connectivity index (χ3v) is 2.12. The Kier molecular flexibility index (Phi) is 2.89. The quantitative estimate of drug-likeness (QED) is 0.642. The maximum Gasteiger partial charge on any atom is 0.0496 e. The van der Waals surface area contributed by atoms with Crippen LogP contribution in [0.2, 0.25) is 0 Å². The summed E-state index contributed by atoms with van der Waals surface area (Å²) in [6, 6.07) is 0. The molecule has 62 valence electrons. The van der Waals surface area contributed by atoms with Crippen molar-refractivity contribution in [1.82, 2.24) is 0 Å². The Morgan fingerprint density at radius 2 is 2.36 bits per heavy atom. The predicted molar refractivity (Wildman–Crippen MR) is 47.3 cm³/mol. The summed E-state index contributed by atoms with van der Waals surface area (Å²) in [5.74, 6) is 0.975. The highest BCUT2D eigenvalue weighted by Gasteiger charge is 2.08. The van der Waals surface area contributed by atoms with Gasteiger partial charge in [0.05, 0.1) is 0 Å². The van der Waals surface area contributed by atoms with Crippen molar-refractivity contribution in [3.8, 4) is 0 Å². The van der Waals surface area contributed by atoms with Crippen LogP contribution in [-0.2, 0) is 0 Å². The fourth-order valence-corrected chi connectivity index (χ4v) is 1.24. The highest BCUT2D eigenvalue weighted by atomic mass is 16.3. The maximum atomic E-state index is 8.84. The second-order valence-electron chi connectivity index (χ2n) is 3.40. The third kappa shape index (κ3) is 2.19. The Bertz CT molecular complexity index is 177. The normalized spacial score (nSPS) is 24.0. The van der Waals surface area contributed by atoms with Crippen molar-refractivity contribution in [2.75, 3.05) is 6.61 Å². The van der Waals surface area contributed by atoms with Gasteiger partial charge in [0.15, 0.2) is 0 Å². The number of hydrogen-bond donors (Lipinski definition) is 1. The monoisotopic (exact) mass is 152 g/mol. The van der Waals surface area contributed by atoms with Crippen molar-refractivity contribution in [2.24, 2.45) is 11.8 Å². The zero-order valence-corrected chi connectivity index (χ0v) is 7.25. The molecule has 0 aromatic carbocycles. The topological polar surface area (TPSA) is 20.2 Å². The van der Waals surface area contributed by atoms with Gasteiger partial charge in [-0.2, -0.15) is 0 Å². The molecule has 0 heterocycles. The minimum Gasteiger partial charge on any atom is -0.396 e. The van der Waals surface area contributed by atoms with E-state index >= 15 is 0 Å². The maximum absolute atomic E-state index is 8.84. The van der Waals surface area contributed by atoms with Gasteiger partial charge in [0.1, 0.15) is 0 Å². The van der Waals surface area contributed by atoms with Gasteiger partial charge in [-0.25, -0.2) is 0 Å². The van der Waals surface area contributed by atoms with Gasteiger partial charge in [-0.05, 0) is 17.9 Å². The Morgan fingerprint density at radius 3 is 2.73 bits per heavy atom. The summed E-state index contributed by atoms with van der Waals surface area (Å²) in [4.78, 5) is 0. The van der Waals surface area contributed by atoms with Crippen LogP contribution in [0.25, 0.3) is 0 Å². The summed E-state index contributed by atoms with van der Waals surface area (Å²) in [6.07, 6.45) is 7.47. The van der Waals surface area contributed by atoms with E-state index in [1.165, 1.54) is 5.57 Å². The molecule has 0 fully saturated rings. The minimum absolute atomic E-state index is 0.276. The van der Waals surface area contributed by atoms with E-state index in [2.05, 4.69) is 32.1 Å². The second-order valence-corrected chi connectivity index (χ2v) is 3.40. The highest BCUT2D eigenvalue weighted by molar-refractivity contribution is 5.25. The number of aliphatic hydroxyl groups is 1. The molecule has 0 spiro atoms. The SMILES string of the molecule is CC(C)C1=CC[C@H](CO)C=C1. The van der Waals surface area contributed by atoms with Crippen LogP contribution in [0.3, 0.4) is 0 Å². The molecular weight excluding hydrogens is 136 g/mol. The van der Waals surface area contributed by atoms with Crippen molar-refractivity contribution >= 4 is 0 Å². The smallest absolute Gasteiger partial charge is 0.0496 e. The summed E-state index contributed by atoms with van der Waals surface area (Å²) >= 11 is 0. The average molecular weight is 152 g/mol. The van der Waals surface area contributed by atoms with Gasteiger partial charge in [0.2, 0.25) is 0 Å². The zero-order chi connectivity index (χ0) is 8.27. The van der Waals surface area contributed by atoms with E-state index in [0.29, 0.717) is 11.8 Å². The summed E-state index contributed by atoms with van der Waals surface area (Å²) in [5.41, 5.74) is 1.40. The molecule has 1 nitrogen and oxygen atoms in total. The van der Waals surface area contributed by atoms with Crippen LogP contribution in [-0.4, -0.2) is 11.7 Å². The van der Waals surface area contributed by atoms with Gasteiger partial charge in [-0.3, -0.25) is 0 Å². The highest BCUT2D eigenvalue weighted by Crippen LogP contribution is 2.20. The molecule has 0 aliphatic heterocycles. The van der Waals surface area contributed by atoms with Crippen LogP contribution in [0, 0.1) is 11.8 Å². The number of aliphatic hydroxyl groups excluding tert-OH is 1. The fourth-order valence-electron chi connectivity index (χ4n) is 1.24. The lowest BCUT2D eigenvalue weighted by atomic mass is 9.92. The lowest BCUT2D eigenvalue weighted by molar-refractivity contribution is 0.252. The zero-order valence-electron chi connectivity index (χ0n) is 7.25. The van der Waals surface area contributed by atoms with Crippen molar-refractivity contribution in [2.45, 2.75) is 20.3 Å². The molecule has 1 aliphatic rings. The number of allylic oxidation sites excluding steroid dienone is 3. The molecule has 1 N–H and O–H groups in total. The van der Waals surface area contributed by atoms with E-state index in [1.807, 2.05) is 0 Å². The lowest BCUT2D eigenvalue weighted by Crippen LogP contribution is -2.06. The van der Waals surface area contributed by atoms with Crippen molar-refractivity contribution in [3.05, 3.63) is 23.8 Å². The summed E-state index contributed by atoms with van der Waals surface area (Å²) in [6.45, 7) is 4.66. The van der Waals surface area contributed by atoms with E-state index in [0.717, 1.165) is 6.42 Å². The van der Waals surface area contributed by atoms with E-state index in [9.17, 15) is 0 Å². The summed E-state index contributed by atoms with van der Waals surface area (Å²) in [7, 11) is 0. The van der Waals surface area contributed by atoms with Crippen molar-refractivity contribution < 1.29 is 5.11 Å². The van der Waals surface area contributed by atoms with Crippen LogP contribution in [0.1, 0.15) is 20.3 Å². The largest absolute Gasteiger partial charge is 0.396 e. The van der Waals surface area contributed by atoms with Gasteiger partial charge >= 0.3 is 0 Å². The lowest BCUT2D eigenvalue weighted by Gasteiger charge is -2.15. The number of hydrogen-bond acceptors (Lipinski definition) is 1. The average Bonchev–Trinajstić information content (AvgIpc) is 2.05. The van der Waals surface area contributed by atoms with Crippen molar-refractivity contribution in [1.29, 1.82) is 0 Å². The first-order valence-electron chi connectivity index (χ1n) is 4.23. The molecule has 1 atom stereocenters. The van der Waals surface area contributed by atoms with Crippen LogP contribution in [0.15, 0.2) is 23.8 Å². The van der Waals surface area contributed by atoms with E-state index < -0.39 is 0 Å². The molecular formula is C10H16O. The first kappa shape index (κ1) is 8.54. The predicted octanol–water partition coefficient (Wildman–Crippen LogP) is 2.14. The molecule has 0 amide bonds. The summed E-state index contributed by atoms with van der Waals surface area (Å²) in [5, 5.41) is 8.84. The molecule has 0 aromatic rings. The standard InChI is InChI=1S/C10H16O/c1-8(2)10-5-3-9(7-11)4-6-10/h3,5-6,8-9,11H,4,7H2,1-2H3/t9-/m1/s1. The van der Waals surface area contributed by atoms with Crippen LogP contribution < -0.4 is 0 Å². The molecule has 11 heavy (non-hydrogen) atoms. The van der Waals surface area contributed by atoms with Crippen LogP contribution in [0.4, 0.5) is 0 Å². The van der Waals surface area contributed by atoms with Crippen LogP contribution >= 0.6 is 0 Å². The first-order chi connectivity index (χ1) is 5.24. The summed E-state index contributed by atoms with van der Waals surface area (Å²) < 4.78 is 0. The van der Waals surface area contributed by atoms with Crippen LogP contribution in [0.5, 0.6) is 0 Å². The van der Waals surface area contributed by atoms with E-state index in [4.69, 9.17) is 5.11 Å². The van der Waals surface area contributed by atoms with Gasteiger partial charge in [-0.1, -0.05) is 32.1 Å². The fraction of sp³-hybridized carbons (Fsp3) is 0.600. The van der Waals surface area contributed by atoms with Gasteiger partial charge in [0, 0.05) is 12.5 Å². The molecule has 1 rings (SSSR count).